The number of rotatable bonds is 6. The van der Waals surface area contributed by atoms with Gasteiger partial charge in [-0.25, -0.2) is 8.42 Å². The second-order valence-electron chi connectivity index (χ2n) is 8.32. The van der Waals surface area contributed by atoms with Crippen molar-refractivity contribution in [2.24, 2.45) is 0 Å². The average Bonchev–Trinajstić information content (AvgIpc) is 3.38. The Morgan fingerprint density at radius 3 is 2.23 bits per heavy atom. The Labute approximate surface area is 204 Å². The van der Waals surface area contributed by atoms with E-state index in [9.17, 15) is 8.42 Å². The van der Waals surface area contributed by atoms with Gasteiger partial charge in [0, 0.05) is 24.2 Å². The van der Waals surface area contributed by atoms with Gasteiger partial charge in [0.15, 0.2) is 11.5 Å². The first-order chi connectivity index (χ1) is 16.9. The highest BCUT2D eigenvalue weighted by Crippen LogP contribution is 2.34. The van der Waals surface area contributed by atoms with Gasteiger partial charge in [-0.15, -0.1) is 10.2 Å². The lowest BCUT2D eigenvalue weighted by molar-refractivity contribution is 0.355. The molecule has 0 amide bonds. The van der Waals surface area contributed by atoms with E-state index >= 15 is 0 Å². The van der Waals surface area contributed by atoms with Crippen molar-refractivity contribution in [3.05, 3.63) is 77.4 Å². The standard InChI is InChI=1S/C26H25N3O5S/c1-17-8-9-20(26-28-27-25(34-26)19-10-11-22(32-2)23(14-19)33-3)15-24(17)35(30,31)29-13-12-18-6-4-5-7-21(18)16-29/h4-11,14-15H,12-13,16H2,1-3H3. The summed E-state index contributed by atoms with van der Waals surface area (Å²) in [6.07, 6.45) is 0.687. The zero-order chi connectivity index (χ0) is 24.6. The number of aryl methyl sites for hydroxylation is 1. The minimum absolute atomic E-state index is 0.232. The van der Waals surface area contributed by atoms with E-state index in [0.29, 0.717) is 53.6 Å². The molecule has 0 saturated carbocycles. The van der Waals surface area contributed by atoms with Crippen LogP contribution in [0.5, 0.6) is 11.5 Å². The maximum atomic E-state index is 13.6. The summed E-state index contributed by atoms with van der Waals surface area (Å²) in [5, 5.41) is 8.31. The van der Waals surface area contributed by atoms with Crippen molar-refractivity contribution in [2.45, 2.75) is 24.8 Å². The fourth-order valence-electron chi connectivity index (χ4n) is 4.25. The van der Waals surface area contributed by atoms with Gasteiger partial charge in [-0.2, -0.15) is 4.31 Å². The van der Waals surface area contributed by atoms with Gasteiger partial charge in [0.05, 0.1) is 19.1 Å². The summed E-state index contributed by atoms with van der Waals surface area (Å²) in [6.45, 7) is 2.58. The molecule has 3 aromatic carbocycles. The first-order valence-corrected chi connectivity index (χ1v) is 12.6. The van der Waals surface area contributed by atoms with Gasteiger partial charge in [0.1, 0.15) is 0 Å². The van der Waals surface area contributed by atoms with Gasteiger partial charge < -0.3 is 13.9 Å². The number of benzene rings is 3. The highest BCUT2D eigenvalue weighted by Gasteiger charge is 2.30. The van der Waals surface area contributed by atoms with E-state index in [1.807, 2.05) is 18.2 Å². The second kappa shape index (κ2) is 9.16. The molecular weight excluding hydrogens is 466 g/mol. The zero-order valence-electron chi connectivity index (χ0n) is 19.7. The van der Waals surface area contributed by atoms with Crippen LogP contribution >= 0.6 is 0 Å². The van der Waals surface area contributed by atoms with Gasteiger partial charge in [-0.3, -0.25) is 0 Å². The van der Waals surface area contributed by atoms with Crippen LogP contribution in [0.25, 0.3) is 22.9 Å². The minimum atomic E-state index is -3.71. The van der Waals surface area contributed by atoms with Gasteiger partial charge in [-0.05, 0) is 60.4 Å². The summed E-state index contributed by atoms with van der Waals surface area (Å²) >= 11 is 0. The number of sulfonamides is 1. The molecule has 0 radical (unpaired) electrons. The van der Waals surface area contributed by atoms with E-state index in [-0.39, 0.29) is 10.8 Å². The molecule has 0 spiro atoms. The molecule has 5 rings (SSSR count). The Kier molecular flexibility index (Phi) is 6.04. The maximum absolute atomic E-state index is 13.6. The molecule has 35 heavy (non-hydrogen) atoms. The van der Waals surface area contributed by atoms with Crippen LogP contribution in [0, 0.1) is 6.92 Å². The quantitative estimate of drug-likeness (QED) is 0.393. The average molecular weight is 492 g/mol. The van der Waals surface area contributed by atoms with Crippen LogP contribution in [0.3, 0.4) is 0 Å². The molecule has 8 nitrogen and oxygen atoms in total. The molecule has 180 valence electrons. The van der Waals surface area contributed by atoms with E-state index in [1.54, 1.807) is 57.5 Å². The van der Waals surface area contributed by atoms with Crippen molar-refractivity contribution in [1.82, 2.24) is 14.5 Å². The second-order valence-corrected chi connectivity index (χ2v) is 10.2. The third-order valence-electron chi connectivity index (χ3n) is 6.20. The molecule has 0 fully saturated rings. The van der Waals surface area contributed by atoms with E-state index in [4.69, 9.17) is 13.9 Å². The molecule has 1 aliphatic heterocycles. The van der Waals surface area contributed by atoms with Crippen LogP contribution in [0.15, 0.2) is 70.0 Å². The summed E-state index contributed by atoms with van der Waals surface area (Å²) in [5.74, 6) is 1.65. The summed E-state index contributed by atoms with van der Waals surface area (Å²) in [6, 6.07) is 18.4. The van der Waals surface area contributed by atoms with Crippen molar-refractivity contribution in [3.63, 3.8) is 0 Å². The highest BCUT2D eigenvalue weighted by molar-refractivity contribution is 7.89. The molecule has 4 aromatic rings. The summed E-state index contributed by atoms with van der Waals surface area (Å²) in [4.78, 5) is 0.236. The lowest BCUT2D eigenvalue weighted by Crippen LogP contribution is -2.36. The molecule has 2 heterocycles. The molecule has 0 aliphatic carbocycles. The van der Waals surface area contributed by atoms with Crippen LogP contribution in [0.1, 0.15) is 16.7 Å². The third kappa shape index (κ3) is 4.28. The molecule has 0 N–H and O–H groups in total. The Morgan fingerprint density at radius 1 is 0.857 bits per heavy atom. The summed E-state index contributed by atoms with van der Waals surface area (Å²) in [5.41, 5.74) is 4.08. The monoisotopic (exact) mass is 491 g/mol. The summed E-state index contributed by atoms with van der Waals surface area (Å²) < 4.78 is 45.2. The van der Waals surface area contributed by atoms with Crippen LogP contribution in [-0.4, -0.2) is 43.7 Å². The Hall–Kier alpha value is -3.69. The van der Waals surface area contributed by atoms with Crippen LogP contribution in [-0.2, 0) is 23.0 Å². The van der Waals surface area contributed by atoms with Crippen LogP contribution in [0.2, 0.25) is 0 Å². The Balaban J connectivity index is 1.46. The molecule has 1 aromatic heterocycles. The first kappa shape index (κ1) is 23.1. The third-order valence-corrected chi connectivity index (χ3v) is 8.19. The van der Waals surface area contributed by atoms with Crippen molar-refractivity contribution in [1.29, 1.82) is 0 Å². The predicted molar refractivity (Wildman–Crippen MR) is 131 cm³/mol. The number of ether oxygens (including phenoxy) is 2. The number of hydrogen-bond donors (Lipinski definition) is 0. The van der Waals surface area contributed by atoms with Crippen LogP contribution in [0.4, 0.5) is 0 Å². The van der Waals surface area contributed by atoms with Gasteiger partial charge in [0.2, 0.25) is 21.8 Å². The molecule has 0 saturated heterocycles. The molecule has 9 heteroatoms. The van der Waals surface area contributed by atoms with Gasteiger partial charge >= 0.3 is 0 Å². The molecular formula is C26H25N3O5S. The van der Waals surface area contributed by atoms with E-state index in [1.165, 1.54) is 9.87 Å². The molecule has 0 unspecified atom stereocenters. The number of methoxy groups -OCH3 is 2. The predicted octanol–water partition coefficient (Wildman–Crippen LogP) is 4.48. The minimum Gasteiger partial charge on any atom is -0.493 e. The van der Waals surface area contributed by atoms with Crippen molar-refractivity contribution in [2.75, 3.05) is 20.8 Å². The zero-order valence-corrected chi connectivity index (χ0v) is 20.5. The van der Waals surface area contributed by atoms with Gasteiger partial charge in [-0.1, -0.05) is 30.3 Å². The topological polar surface area (TPSA) is 94.8 Å². The smallest absolute Gasteiger partial charge is 0.248 e. The number of aromatic nitrogens is 2. The lowest BCUT2D eigenvalue weighted by atomic mass is 10.0. The van der Waals surface area contributed by atoms with Crippen molar-refractivity contribution in [3.8, 4) is 34.4 Å². The Bertz CT molecular complexity index is 1500. The largest absolute Gasteiger partial charge is 0.493 e. The molecule has 1 aliphatic rings. The van der Waals surface area contributed by atoms with E-state index in [0.717, 1.165) is 5.56 Å². The normalized spacial score (nSPS) is 13.9. The van der Waals surface area contributed by atoms with E-state index in [2.05, 4.69) is 16.3 Å². The number of nitrogens with zero attached hydrogens (tertiary/aromatic N) is 3. The lowest BCUT2D eigenvalue weighted by Gasteiger charge is -2.28. The fraction of sp³-hybridized carbons (Fsp3) is 0.231. The summed E-state index contributed by atoms with van der Waals surface area (Å²) in [7, 11) is -0.600. The Morgan fingerprint density at radius 2 is 1.51 bits per heavy atom. The first-order valence-electron chi connectivity index (χ1n) is 11.1. The SMILES string of the molecule is COc1ccc(-c2nnc(-c3ccc(C)c(S(=O)(=O)N4CCc5ccccc5C4)c3)o2)cc1OC. The fourth-order valence-corrected chi connectivity index (χ4v) is 5.92. The number of fused-ring (bicyclic) bond motifs is 1. The van der Waals surface area contributed by atoms with Gasteiger partial charge in [0.25, 0.3) is 0 Å². The van der Waals surface area contributed by atoms with Crippen molar-refractivity contribution < 1.29 is 22.3 Å². The van der Waals surface area contributed by atoms with E-state index < -0.39 is 10.0 Å². The van der Waals surface area contributed by atoms with Crippen LogP contribution < -0.4 is 9.47 Å². The molecule has 0 bridgehead atoms. The molecule has 0 atom stereocenters. The number of hydrogen-bond acceptors (Lipinski definition) is 7. The highest BCUT2D eigenvalue weighted by atomic mass is 32.2. The van der Waals surface area contributed by atoms with Crippen molar-refractivity contribution >= 4 is 10.0 Å². The maximum Gasteiger partial charge on any atom is 0.248 e.